The number of pyridine rings is 1. The van der Waals surface area contributed by atoms with Crippen LogP contribution in [0.2, 0.25) is 0 Å². The Kier molecular flexibility index (Phi) is 3.44. The SMILES string of the molecule is CCCN1C(=O)C2CNC(C(=O)O)(c3ccccn3)C2C1=O. The fraction of sp³-hybridized carbons (Fsp3) is 0.467. The number of nitrogens with one attached hydrogen (secondary N) is 1. The number of aromatic nitrogens is 1. The lowest BCUT2D eigenvalue weighted by Crippen LogP contribution is -2.53. The van der Waals surface area contributed by atoms with E-state index in [1.54, 1.807) is 18.2 Å². The fourth-order valence-corrected chi connectivity index (χ4v) is 3.47. The van der Waals surface area contributed by atoms with E-state index < -0.39 is 29.3 Å². The first kappa shape index (κ1) is 14.6. The summed E-state index contributed by atoms with van der Waals surface area (Å²) in [5.74, 6) is -3.48. The Morgan fingerprint density at radius 1 is 1.45 bits per heavy atom. The highest BCUT2D eigenvalue weighted by Gasteiger charge is 2.66. The average molecular weight is 303 g/mol. The van der Waals surface area contributed by atoms with E-state index in [1.165, 1.54) is 11.1 Å². The van der Waals surface area contributed by atoms with Crippen molar-refractivity contribution in [3.63, 3.8) is 0 Å². The standard InChI is InChI=1S/C15H17N3O4/c1-2-7-18-12(19)9-8-17-15(14(21)22,11(9)13(18)20)10-5-3-4-6-16-10/h3-6,9,11,17H,2,7-8H2,1H3,(H,21,22). The van der Waals surface area contributed by atoms with Crippen molar-refractivity contribution in [1.29, 1.82) is 0 Å². The van der Waals surface area contributed by atoms with Crippen molar-refractivity contribution in [3.05, 3.63) is 30.1 Å². The number of hydrogen-bond acceptors (Lipinski definition) is 5. The quantitative estimate of drug-likeness (QED) is 0.758. The van der Waals surface area contributed by atoms with E-state index in [0.29, 0.717) is 13.0 Å². The second-order valence-corrected chi connectivity index (χ2v) is 5.62. The van der Waals surface area contributed by atoms with Crippen molar-refractivity contribution in [2.75, 3.05) is 13.1 Å². The van der Waals surface area contributed by atoms with Crippen molar-refractivity contribution in [1.82, 2.24) is 15.2 Å². The van der Waals surface area contributed by atoms with Crippen molar-refractivity contribution in [3.8, 4) is 0 Å². The van der Waals surface area contributed by atoms with Gasteiger partial charge in [-0.1, -0.05) is 13.0 Å². The van der Waals surface area contributed by atoms with Gasteiger partial charge in [-0.2, -0.15) is 0 Å². The molecule has 7 heteroatoms. The zero-order chi connectivity index (χ0) is 15.9. The molecule has 2 fully saturated rings. The highest BCUT2D eigenvalue weighted by atomic mass is 16.4. The number of rotatable bonds is 4. The molecule has 3 heterocycles. The van der Waals surface area contributed by atoms with E-state index in [4.69, 9.17) is 0 Å². The van der Waals surface area contributed by atoms with Gasteiger partial charge in [-0.05, 0) is 18.6 Å². The molecule has 1 aromatic heterocycles. The Bertz CT molecular complexity index is 633. The number of carbonyl (C=O) groups excluding carboxylic acids is 2. The van der Waals surface area contributed by atoms with E-state index in [9.17, 15) is 19.5 Å². The molecule has 0 radical (unpaired) electrons. The van der Waals surface area contributed by atoms with Crippen LogP contribution in [0.1, 0.15) is 19.0 Å². The minimum atomic E-state index is -1.64. The lowest BCUT2D eigenvalue weighted by atomic mass is 9.79. The van der Waals surface area contributed by atoms with Gasteiger partial charge in [-0.25, -0.2) is 4.79 Å². The van der Waals surface area contributed by atoms with Gasteiger partial charge < -0.3 is 5.11 Å². The summed E-state index contributed by atoms with van der Waals surface area (Å²) in [6, 6.07) is 4.92. The second-order valence-electron chi connectivity index (χ2n) is 5.62. The molecular weight excluding hydrogens is 286 g/mol. The molecule has 2 saturated heterocycles. The summed E-state index contributed by atoms with van der Waals surface area (Å²) in [7, 11) is 0. The van der Waals surface area contributed by atoms with Crippen molar-refractivity contribution < 1.29 is 19.5 Å². The van der Waals surface area contributed by atoms with Crippen molar-refractivity contribution >= 4 is 17.8 Å². The number of aliphatic carboxylic acids is 1. The van der Waals surface area contributed by atoms with Crippen LogP contribution < -0.4 is 5.32 Å². The van der Waals surface area contributed by atoms with Gasteiger partial charge in [0.25, 0.3) is 0 Å². The lowest BCUT2D eigenvalue weighted by molar-refractivity contribution is -0.152. The molecule has 0 spiro atoms. The van der Waals surface area contributed by atoms with Crippen LogP contribution in [0.15, 0.2) is 24.4 Å². The molecule has 2 aliphatic rings. The molecular formula is C15H17N3O4. The minimum Gasteiger partial charge on any atom is -0.480 e. The molecule has 116 valence electrons. The molecule has 3 rings (SSSR count). The van der Waals surface area contributed by atoms with Gasteiger partial charge in [-0.15, -0.1) is 0 Å². The smallest absolute Gasteiger partial charge is 0.331 e. The largest absolute Gasteiger partial charge is 0.480 e. The topological polar surface area (TPSA) is 99.6 Å². The Balaban J connectivity index is 2.09. The molecule has 2 aliphatic heterocycles. The van der Waals surface area contributed by atoms with Gasteiger partial charge in [0.15, 0.2) is 5.54 Å². The number of nitrogens with zero attached hydrogens (tertiary/aromatic N) is 2. The monoisotopic (exact) mass is 303 g/mol. The van der Waals surface area contributed by atoms with Gasteiger partial charge in [0.05, 0.1) is 17.5 Å². The molecule has 3 unspecified atom stereocenters. The molecule has 2 N–H and O–H groups in total. The predicted molar refractivity (Wildman–Crippen MR) is 75.5 cm³/mol. The van der Waals surface area contributed by atoms with Crippen molar-refractivity contribution in [2.45, 2.75) is 18.9 Å². The van der Waals surface area contributed by atoms with Crippen LogP contribution in [0.3, 0.4) is 0 Å². The zero-order valence-corrected chi connectivity index (χ0v) is 12.2. The third-order valence-electron chi connectivity index (χ3n) is 4.44. The first-order valence-electron chi connectivity index (χ1n) is 7.29. The van der Waals surface area contributed by atoms with Crippen LogP contribution in [-0.4, -0.2) is 45.9 Å². The third-order valence-corrected chi connectivity index (χ3v) is 4.44. The molecule has 22 heavy (non-hydrogen) atoms. The molecule has 1 aromatic rings. The normalized spacial score (nSPS) is 30.7. The van der Waals surface area contributed by atoms with Gasteiger partial charge in [-0.3, -0.25) is 24.8 Å². The van der Waals surface area contributed by atoms with E-state index in [2.05, 4.69) is 10.3 Å². The summed E-state index contributed by atoms with van der Waals surface area (Å²) in [5, 5.41) is 12.7. The van der Waals surface area contributed by atoms with Crippen LogP contribution in [0, 0.1) is 11.8 Å². The van der Waals surface area contributed by atoms with Crippen LogP contribution in [-0.2, 0) is 19.9 Å². The van der Waals surface area contributed by atoms with Gasteiger partial charge >= 0.3 is 5.97 Å². The number of likely N-dealkylation sites (tertiary alicyclic amines) is 1. The summed E-state index contributed by atoms with van der Waals surface area (Å²) in [5.41, 5.74) is -1.38. The predicted octanol–water partition coefficient (Wildman–Crippen LogP) is -0.0241. The van der Waals surface area contributed by atoms with Gasteiger partial charge in [0, 0.05) is 19.3 Å². The molecule has 0 aromatic carbocycles. The molecule has 3 atom stereocenters. The summed E-state index contributed by atoms with van der Waals surface area (Å²) in [4.78, 5) is 42.3. The number of amides is 2. The number of carbonyl (C=O) groups is 3. The molecule has 0 aliphatic carbocycles. The number of carboxylic acid groups (broad SMARTS) is 1. The maximum Gasteiger partial charge on any atom is 0.331 e. The zero-order valence-electron chi connectivity index (χ0n) is 12.2. The summed E-state index contributed by atoms with van der Waals surface area (Å²) >= 11 is 0. The molecule has 2 amide bonds. The number of fused-ring (bicyclic) bond motifs is 1. The summed E-state index contributed by atoms with van der Waals surface area (Å²) in [6.07, 6.45) is 2.13. The summed E-state index contributed by atoms with van der Waals surface area (Å²) in [6.45, 7) is 2.36. The van der Waals surface area contributed by atoms with Crippen LogP contribution in [0.4, 0.5) is 0 Å². The molecule has 0 bridgehead atoms. The first-order valence-corrected chi connectivity index (χ1v) is 7.29. The van der Waals surface area contributed by atoms with Crippen LogP contribution in [0.5, 0.6) is 0 Å². The maximum absolute atomic E-state index is 12.7. The Morgan fingerprint density at radius 2 is 2.23 bits per heavy atom. The highest BCUT2D eigenvalue weighted by molar-refractivity contribution is 6.09. The van der Waals surface area contributed by atoms with Crippen LogP contribution in [0.25, 0.3) is 0 Å². The fourth-order valence-electron chi connectivity index (χ4n) is 3.47. The molecule has 7 nitrogen and oxygen atoms in total. The Hall–Kier alpha value is -2.28. The van der Waals surface area contributed by atoms with Gasteiger partial charge in [0.1, 0.15) is 0 Å². The summed E-state index contributed by atoms with van der Waals surface area (Å²) < 4.78 is 0. The maximum atomic E-state index is 12.7. The molecule has 0 saturated carbocycles. The Labute approximate surface area is 127 Å². The number of hydrogen-bond donors (Lipinski definition) is 2. The Morgan fingerprint density at radius 3 is 2.82 bits per heavy atom. The third kappa shape index (κ3) is 1.78. The van der Waals surface area contributed by atoms with E-state index in [0.717, 1.165) is 0 Å². The van der Waals surface area contributed by atoms with E-state index in [-0.39, 0.29) is 18.1 Å². The van der Waals surface area contributed by atoms with Gasteiger partial charge in [0.2, 0.25) is 11.8 Å². The van der Waals surface area contributed by atoms with Crippen molar-refractivity contribution in [2.24, 2.45) is 11.8 Å². The van der Waals surface area contributed by atoms with Crippen LogP contribution >= 0.6 is 0 Å². The average Bonchev–Trinajstić information content (AvgIpc) is 3.02. The second kappa shape index (κ2) is 5.17. The number of imide groups is 1. The lowest BCUT2D eigenvalue weighted by Gasteiger charge is -2.29. The minimum absolute atomic E-state index is 0.165. The first-order chi connectivity index (χ1) is 10.5. The highest BCUT2D eigenvalue weighted by Crippen LogP contribution is 2.44. The van der Waals surface area contributed by atoms with E-state index >= 15 is 0 Å². The van der Waals surface area contributed by atoms with E-state index in [1.807, 2.05) is 6.92 Å². The number of carboxylic acids is 1.